The van der Waals surface area contributed by atoms with E-state index in [0.717, 1.165) is 11.3 Å². The lowest BCUT2D eigenvalue weighted by atomic mass is 9.86. The highest BCUT2D eigenvalue weighted by atomic mass is 16.1. The summed E-state index contributed by atoms with van der Waals surface area (Å²) in [5.74, 6) is 0. The summed E-state index contributed by atoms with van der Waals surface area (Å²) >= 11 is 0. The van der Waals surface area contributed by atoms with Crippen LogP contribution < -0.4 is 5.32 Å². The molecule has 0 heterocycles. The molecule has 0 atom stereocenters. The number of rotatable bonds is 3. The Labute approximate surface area is 88.1 Å². The molecule has 0 unspecified atom stereocenters. The van der Waals surface area contributed by atoms with Gasteiger partial charge in [0.25, 0.3) is 0 Å². The fourth-order valence-corrected chi connectivity index (χ4v) is 0.788. The fourth-order valence-electron chi connectivity index (χ4n) is 0.788. The van der Waals surface area contributed by atoms with Gasteiger partial charge in [-0.05, 0) is 24.0 Å². The maximum atomic E-state index is 10.2. The summed E-state index contributed by atoms with van der Waals surface area (Å²) in [6, 6.07) is 0. The first-order valence-electron chi connectivity index (χ1n) is 4.97. The van der Waals surface area contributed by atoms with Gasteiger partial charge in [-0.15, -0.1) is 0 Å². The van der Waals surface area contributed by atoms with Crippen LogP contribution in [0.5, 0.6) is 0 Å². The molecule has 1 N–H and O–H groups in total. The number of amides is 1. The topological polar surface area (TPSA) is 29.1 Å². The summed E-state index contributed by atoms with van der Waals surface area (Å²) in [4.78, 5) is 10.2. The number of allylic oxidation sites excluding steroid dienone is 2. The Kier molecular flexibility index (Phi) is 8.11. The van der Waals surface area contributed by atoms with Crippen LogP contribution >= 0.6 is 0 Å². The molecule has 0 aromatic carbocycles. The van der Waals surface area contributed by atoms with E-state index in [4.69, 9.17) is 0 Å². The minimum atomic E-state index is 0.0690. The maximum Gasteiger partial charge on any atom is 0.211 e. The minimum absolute atomic E-state index is 0.0690. The zero-order chi connectivity index (χ0) is 11.8. The average molecular weight is 197 g/mol. The molecule has 14 heavy (non-hydrogen) atoms. The van der Waals surface area contributed by atoms with Crippen molar-refractivity contribution in [3.63, 3.8) is 0 Å². The van der Waals surface area contributed by atoms with Crippen LogP contribution in [-0.2, 0) is 4.79 Å². The Morgan fingerprint density at radius 2 is 1.71 bits per heavy atom. The van der Waals surface area contributed by atoms with E-state index >= 15 is 0 Å². The van der Waals surface area contributed by atoms with Crippen LogP contribution in [0, 0.1) is 5.41 Å². The molecule has 0 saturated carbocycles. The first-order chi connectivity index (χ1) is 6.43. The van der Waals surface area contributed by atoms with Crippen molar-refractivity contribution < 1.29 is 4.79 Å². The van der Waals surface area contributed by atoms with E-state index in [-0.39, 0.29) is 5.41 Å². The zero-order valence-corrected chi connectivity index (χ0v) is 10.3. The molecule has 0 fully saturated rings. The molecule has 0 spiro atoms. The van der Waals surface area contributed by atoms with E-state index in [1.54, 1.807) is 6.08 Å². The molecule has 0 aliphatic heterocycles. The summed E-state index contributed by atoms with van der Waals surface area (Å²) in [6.45, 7) is 15.9. The summed E-state index contributed by atoms with van der Waals surface area (Å²) in [5.41, 5.74) is 2.00. The first-order valence-corrected chi connectivity index (χ1v) is 4.97. The van der Waals surface area contributed by atoms with E-state index in [9.17, 15) is 4.79 Å². The normalized spacial score (nSPS) is 11.9. The molecule has 1 amide bonds. The molecule has 0 aromatic heterocycles. The van der Waals surface area contributed by atoms with Crippen LogP contribution in [0.3, 0.4) is 0 Å². The second-order valence-corrected chi connectivity index (χ2v) is 3.75. The molecule has 2 nitrogen and oxygen atoms in total. The lowest BCUT2D eigenvalue weighted by Crippen LogP contribution is -2.17. The third-order valence-corrected chi connectivity index (χ3v) is 1.95. The molecule has 82 valence electrons. The van der Waals surface area contributed by atoms with Crippen LogP contribution in [0.25, 0.3) is 0 Å². The number of hydrogen-bond donors (Lipinski definition) is 1. The van der Waals surface area contributed by atoms with Gasteiger partial charge in [-0.2, -0.15) is 0 Å². The molecular weight excluding hydrogens is 174 g/mol. The van der Waals surface area contributed by atoms with Crippen LogP contribution in [0.1, 0.15) is 41.5 Å². The highest BCUT2D eigenvalue weighted by molar-refractivity contribution is 5.52. The van der Waals surface area contributed by atoms with Crippen molar-refractivity contribution in [3.05, 3.63) is 23.9 Å². The van der Waals surface area contributed by atoms with E-state index in [2.05, 4.69) is 32.7 Å². The molecule has 0 bridgehead atoms. The van der Waals surface area contributed by atoms with E-state index in [1.165, 1.54) is 0 Å². The highest BCUT2D eigenvalue weighted by Gasteiger charge is 2.15. The predicted molar refractivity (Wildman–Crippen MR) is 62.9 cm³/mol. The lowest BCUT2D eigenvalue weighted by Gasteiger charge is -2.22. The van der Waals surface area contributed by atoms with E-state index in [0.29, 0.717) is 6.41 Å². The third kappa shape index (κ3) is 5.57. The van der Waals surface area contributed by atoms with Crippen LogP contribution in [-0.4, -0.2) is 6.41 Å². The van der Waals surface area contributed by atoms with Crippen molar-refractivity contribution in [2.24, 2.45) is 5.41 Å². The second-order valence-electron chi connectivity index (χ2n) is 3.75. The number of nitrogens with one attached hydrogen (secondary N) is 1. The zero-order valence-electron chi connectivity index (χ0n) is 10.3. The van der Waals surface area contributed by atoms with Crippen molar-refractivity contribution in [1.82, 2.24) is 5.32 Å². The Balaban J connectivity index is 0. The van der Waals surface area contributed by atoms with E-state index in [1.807, 2.05) is 20.8 Å². The summed E-state index contributed by atoms with van der Waals surface area (Å²) < 4.78 is 0. The number of carbonyl (C=O) groups excluding carboxylic acids is 1. The quantitative estimate of drug-likeness (QED) is 0.546. The van der Waals surface area contributed by atoms with Gasteiger partial charge in [0.2, 0.25) is 6.41 Å². The van der Waals surface area contributed by atoms with Crippen LogP contribution in [0.15, 0.2) is 23.9 Å². The van der Waals surface area contributed by atoms with Crippen molar-refractivity contribution in [1.29, 1.82) is 0 Å². The Bertz CT molecular complexity index is 209. The van der Waals surface area contributed by atoms with Crippen LogP contribution in [0.4, 0.5) is 0 Å². The Hall–Kier alpha value is -1.05. The van der Waals surface area contributed by atoms with Gasteiger partial charge in [-0.3, -0.25) is 4.79 Å². The predicted octanol–water partition coefficient (Wildman–Crippen LogP) is 3.26. The minimum Gasteiger partial charge on any atom is -0.329 e. The van der Waals surface area contributed by atoms with Gasteiger partial charge in [0.15, 0.2) is 0 Å². The smallest absolute Gasteiger partial charge is 0.211 e. The van der Waals surface area contributed by atoms with Gasteiger partial charge in [0, 0.05) is 5.70 Å². The Morgan fingerprint density at radius 1 is 1.29 bits per heavy atom. The summed E-state index contributed by atoms with van der Waals surface area (Å²) in [7, 11) is 0. The average Bonchev–Trinajstić information content (AvgIpc) is 2.15. The van der Waals surface area contributed by atoms with Crippen LogP contribution in [0.2, 0.25) is 0 Å². The standard InChI is InChI=1S/C10H17NO.C2H6/c1-6-9(11-7-12)8(2)10(3,4)5;1-2/h6-7H,1H2,2-5H3,(H,11,12);1-2H3/b9-8+;. The van der Waals surface area contributed by atoms with Gasteiger partial charge >= 0.3 is 0 Å². The van der Waals surface area contributed by atoms with Crippen molar-refractivity contribution in [2.75, 3.05) is 0 Å². The molecule has 0 aliphatic carbocycles. The Morgan fingerprint density at radius 3 is 1.93 bits per heavy atom. The number of hydrogen-bond acceptors (Lipinski definition) is 1. The lowest BCUT2D eigenvalue weighted by molar-refractivity contribution is -0.108. The molecule has 2 heteroatoms. The summed E-state index contributed by atoms with van der Waals surface area (Å²) in [6.07, 6.45) is 2.33. The summed E-state index contributed by atoms with van der Waals surface area (Å²) in [5, 5.41) is 2.62. The first kappa shape index (κ1) is 15.4. The molecule has 0 rings (SSSR count). The van der Waals surface area contributed by atoms with Gasteiger partial charge in [0.1, 0.15) is 0 Å². The van der Waals surface area contributed by atoms with Gasteiger partial charge in [-0.1, -0.05) is 41.2 Å². The van der Waals surface area contributed by atoms with Gasteiger partial charge in [0.05, 0.1) is 0 Å². The highest BCUT2D eigenvalue weighted by Crippen LogP contribution is 2.26. The van der Waals surface area contributed by atoms with Gasteiger partial charge in [-0.25, -0.2) is 0 Å². The number of carbonyl (C=O) groups is 1. The third-order valence-electron chi connectivity index (χ3n) is 1.95. The maximum absolute atomic E-state index is 10.2. The van der Waals surface area contributed by atoms with Crippen molar-refractivity contribution in [3.8, 4) is 0 Å². The fraction of sp³-hybridized carbons (Fsp3) is 0.583. The van der Waals surface area contributed by atoms with Crippen molar-refractivity contribution >= 4 is 6.41 Å². The molecule has 0 aliphatic rings. The van der Waals surface area contributed by atoms with Crippen molar-refractivity contribution in [2.45, 2.75) is 41.5 Å². The molecule has 0 saturated heterocycles. The second kappa shape index (κ2) is 7.36. The largest absolute Gasteiger partial charge is 0.329 e. The molecule has 0 aromatic rings. The van der Waals surface area contributed by atoms with E-state index < -0.39 is 0 Å². The molecular formula is C12H23NO. The SMILES string of the molecule is C=C/C(NC=O)=C(/C)C(C)(C)C.CC. The monoisotopic (exact) mass is 197 g/mol. The van der Waals surface area contributed by atoms with Gasteiger partial charge < -0.3 is 5.32 Å². The molecule has 0 radical (unpaired) electrons.